The summed E-state index contributed by atoms with van der Waals surface area (Å²) in [6.07, 6.45) is 8.08. The highest BCUT2D eigenvalue weighted by Gasteiger charge is 2.47. The zero-order chi connectivity index (χ0) is 25.8. The monoisotopic (exact) mass is 484 g/mol. The van der Waals surface area contributed by atoms with Crippen LogP contribution in [-0.4, -0.2) is 29.7 Å². The van der Waals surface area contributed by atoms with E-state index in [1.54, 1.807) is 6.07 Å². The molecule has 2 aliphatic carbocycles. The summed E-state index contributed by atoms with van der Waals surface area (Å²) in [4.78, 5) is 27.1. The maximum absolute atomic E-state index is 14.7. The van der Waals surface area contributed by atoms with Gasteiger partial charge < -0.3 is 10.6 Å². The number of carbonyl (C=O) groups is 2. The van der Waals surface area contributed by atoms with Crippen molar-refractivity contribution in [2.45, 2.75) is 91.4 Å². The fourth-order valence-electron chi connectivity index (χ4n) is 6.41. The quantitative estimate of drug-likeness (QED) is 0.517. The highest BCUT2D eigenvalue weighted by Crippen LogP contribution is 2.48. The molecule has 0 bridgehead atoms. The van der Waals surface area contributed by atoms with Crippen LogP contribution < -0.4 is 5.73 Å². The predicted octanol–water partition coefficient (Wildman–Crippen LogP) is 6.52. The first-order chi connectivity index (χ1) is 16.5. The van der Waals surface area contributed by atoms with E-state index in [9.17, 15) is 14.0 Å². The molecule has 1 aromatic carbocycles. The van der Waals surface area contributed by atoms with Gasteiger partial charge in [-0.3, -0.25) is 9.59 Å². The van der Waals surface area contributed by atoms with Gasteiger partial charge in [-0.05, 0) is 61.6 Å². The van der Waals surface area contributed by atoms with Crippen LogP contribution in [-0.2, 0) is 9.59 Å². The summed E-state index contributed by atoms with van der Waals surface area (Å²) in [5.41, 5.74) is 7.95. The molecule has 2 N–H and O–H groups in total. The third kappa shape index (κ3) is 6.34. The minimum atomic E-state index is -0.412. The van der Waals surface area contributed by atoms with Crippen molar-refractivity contribution in [2.75, 3.05) is 13.1 Å². The predicted molar refractivity (Wildman–Crippen MR) is 140 cm³/mol. The van der Waals surface area contributed by atoms with E-state index < -0.39 is 5.41 Å². The van der Waals surface area contributed by atoms with Crippen LogP contribution >= 0.6 is 0 Å². The first-order valence-electron chi connectivity index (χ1n) is 13.6. The van der Waals surface area contributed by atoms with Gasteiger partial charge in [0.05, 0.1) is 5.41 Å². The minimum absolute atomic E-state index is 0.0829. The number of piperidine rings is 1. The molecule has 4 rings (SSSR count). The lowest BCUT2D eigenvalue weighted by Gasteiger charge is -2.47. The number of likely N-dealkylation sites (tertiary alicyclic amines) is 1. The molecule has 2 atom stereocenters. The normalized spacial score (nSPS) is 24.7. The van der Waals surface area contributed by atoms with Gasteiger partial charge in [-0.25, -0.2) is 4.39 Å². The molecule has 3 fully saturated rings. The summed E-state index contributed by atoms with van der Waals surface area (Å²) in [5, 5.41) is 0. The number of carbonyl (C=O) groups excluding carboxylic acids is 2. The average molecular weight is 485 g/mol. The largest absolute Gasteiger partial charge is 0.375 e. The second kappa shape index (κ2) is 11.7. The van der Waals surface area contributed by atoms with Crippen LogP contribution in [0.25, 0.3) is 0 Å². The number of hydrogen-bond acceptors (Lipinski definition) is 3. The average Bonchev–Trinajstić information content (AvgIpc) is 3.20. The second-order valence-corrected chi connectivity index (χ2v) is 11.8. The number of amides is 1. The zero-order valence-electron chi connectivity index (χ0n) is 22.2. The van der Waals surface area contributed by atoms with Gasteiger partial charge >= 0.3 is 0 Å². The Morgan fingerprint density at radius 3 is 2.26 bits per heavy atom. The second-order valence-electron chi connectivity index (χ2n) is 11.8. The number of nitrogens with two attached hydrogens (primary N) is 1. The van der Waals surface area contributed by atoms with Crippen molar-refractivity contribution >= 4 is 11.7 Å². The van der Waals surface area contributed by atoms with Crippen LogP contribution in [0.2, 0.25) is 0 Å². The van der Waals surface area contributed by atoms with E-state index in [1.807, 2.05) is 19.1 Å². The summed E-state index contributed by atoms with van der Waals surface area (Å²) in [7, 11) is 0. The number of allylic oxidation sites excluding steroid dienone is 1. The molecular formula is C30H45FN2O2. The molecule has 5 heteroatoms. The number of aryl methyl sites for hydroxylation is 1. The topological polar surface area (TPSA) is 63.4 Å². The van der Waals surface area contributed by atoms with Crippen LogP contribution in [0.4, 0.5) is 4.39 Å². The van der Waals surface area contributed by atoms with Gasteiger partial charge in [-0.2, -0.15) is 0 Å². The Balaban J connectivity index is 0.000000795. The molecule has 3 aliphatic rings. The summed E-state index contributed by atoms with van der Waals surface area (Å²) < 4.78 is 14.7. The van der Waals surface area contributed by atoms with Crippen LogP contribution in [0, 0.1) is 35.9 Å². The van der Waals surface area contributed by atoms with Crippen molar-refractivity contribution in [1.82, 2.24) is 4.90 Å². The SMILES string of the molecule is C=C([C@@H]1CC(=O)C[C@H]1c1ccc(C)cc1F)N1CCC(C(N)=O)(C2CCCCC2)CC1.CC(C)C. The Morgan fingerprint density at radius 1 is 1.11 bits per heavy atom. The number of halogens is 1. The van der Waals surface area contributed by atoms with Crippen LogP contribution in [0.5, 0.6) is 0 Å². The molecule has 2 saturated carbocycles. The van der Waals surface area contributed by atoms with E-state index in [-0.39, 0.29) is 29.3 Å². The van der Waals surface area contributed by atoms with E-state index in [0.717, 1.165) is 56.0 Å². The number of Topliss-reactive ketones (excluding diaryl/α,β-unsaturated/α-hetero) is 1. The number of rotatable bonds is 5. The minimum Gasteiger partial charge on any atom is -0.375 e. The fraction of sp³-hybridized carbons (Fsp3) is 0.667. The number of ketones is 1. The Bertz CT molecular complexity index is 908. The van der Waals surface area contributed by atoms with Gasteiger partial charge in [0.1, 0.15) is 11.6 Å². The van der Waals surface area contributed by atoms with Gasteiger partial charge in [0.2, 0.25) is 5.91 Å². The molecule has 0 aromatic heterocycles. The molecule has 1 amide bonds. The summed E-state index contributed by atoms with van der Waals surface area (Å²) >= 11 is 0. The number of benzene rings is 1. The molecular weight excluding hydrogens is 439 g/mol. The van der Waals surface area contributed by atoms with Gasteiger partial charge in [0, 0.05) is 43.5 Å². The Morgan fingerprint density at radius 2 is 1.71 bits per heavy atom. The maximum Gasteiger partial charge on any atom is 0.224 e. The van der Waals surface area contributed by atoms with Gasteiger partial charge in [-0.1, -0.05) is 58.7 Å². The van der Waals surface area contributed by atoms with E-state index in [0.29, 0.717) is 24.3 Å². The Labute approximate surface area is 211 Å². The lowest BCUT2D eigenvalue weighted by atomic mass is 9.63. The molecule has 35 heavy (non-hydrogen) atoms. The molecule has 1 heterocycles. The van der Waals surface area contributed by atoms with Crippen molar-refractivity contribution in [3.63, 3.8) is 0 Å². The highest BCUT2D eigenvalue weighted by molar-refractivity contribution is 5.83. The lowest BCUT2D eigenvalue weighted by Crippen LogP contribution is -2.51. The standard InChI is InChI=1S/C26H35FN2O2.C4H10/c1-17-8-9-21(24(27)14-17)23-16-20(30)15-22(23)18(2)29-12-10-26(11-13-29,25(28)31)19-6-4-3-5-7-19;1-4(2)3/h8-9,14,19,22-23H,2-7,10-13,15-16H2,1H3,(H2,28,31);4H,1-3H3/t22-,23-;/m0./s1. The third-order valence-corrected chi connectivity index (χ3v) is 8.30. The van der Waals surface area contributed by atoms with Crippen molar-refractivity contribution in [1.29, 1.82) is 0 Å². The molecule has 4 nitrogen and oxygen atoms in total. The van der Waals surface area contributed by atoms with Crippen molar-refractivity contribution in [3.8, 4) is 0 Å². The smallest absolute Gasteiger partial charge is 0.224 e. The number of primary amides is 1. The Kier molecular flexibility index (Phi) is 9.17. The zero-order valence-corrected chi connectivity index (χ0v) is 22.2. The van der Waals surface area contributed by atoms with Crippen molar-refractivity contribution in [3.05, 3.63) is 47.4 Å². The van der Waals surface area contributed by atoms with Crippen LogP contribution in [0.3, 0.4) is 0 Å². The summed E-state index contributed by atoms with van der Waals surface area (Å²) in [6, 6.07) is 5.28. The van der Waals surface area contributed by atoms with Gasteiger partial charge in [0.15, 0.2) is 0 Å². The van der Waals surface area contributed by atoms with Gasteiger partial charge in [0.25, 0.3) is 0 Å². The Hall–Kier alpha value is -2.17. The van der Waals surface area contributed by atoms with Crippen molar-refractivity contribution in [2.24, 2.45) is 28.9 Å². The molecule has 0 radical (unpaired) electrons. The van der Waals surface area contributed by atoms with E-state index in [1.165, 1.54) is 19.3 Å². The summed E-state index contributed by atoms with van der Waals surface area (Å²) in [6.45, 7) is 14.2. The molecule has 0 unspecified atom stereocenters. The van der Waals surface area contributed by atoms with Gasteiger partial charge in [-0.15, -0.1) is 0 Å². The van der Waals surface area contributed by atoms with E-state index >= 15 is 0 Å². The van der Waals surface area contributed by atoms with E-state index in [4.69, 9.17) is 5.73 Å². The molecule has 194 valence electrons. The van der Waals surface area contributed by atoms with Crippen LogP contribution in [0.15, 0.2) is 30.5 Å². The molecule has 1 aromatic rings. The maximum atomic E-state index is 14.7. The van der Waals surface area contributed by atoms with E-state index in [2.05, 4.69) is 32.3 Å². The fourth-order valence-corrected chi connectivity index (χ4v) is 6.41. The summed E-state index contributed by atoms with van der Waals surface area (Å²) in [5.74, 6) is 0.752. The lowest BCUT2D eigenvalue weighted by molar-refractivity contribution is -0.135. The molecule has 1 aliphatic heterocycles. The first kappa shape index (κ1) is 27.4. The molecule has 1 saturated heterocycles. The third-order valence-electron chi connectivity index (χ3n) is 8.30. The number of nitrogens with zero attached hydrogens (tertiary/aromatic N) is 1. The number of hydrogen-bond donors (Lipinski definition) is 1. The first-order valence-corrected chi connectivity index (χ1v) is 13.6. The molecule has 0 spiro atoms. The van der Waals surface area contributed by atoms with Crippen molar-refractivity contribution < 1.29 is 14.0 Å². The highest BCUT2D eigenvalue weighted by atomic mass is 19.1. The van der Waals surface area contributed by atoms with Crippen LogP contribution in [0.1, 0.15) is 95.6 Å².